The summed E-state index contributed by atoms with van der Waals surface area (Å²) in [5.41, 5.74) is 0.726. The third kappa shape index (κ3) is 3.35. The Kier molecular flexibility index (Phi) is 4.28. The Balaban J connectivity index is 2.21. The molecular formula is C14H21NO3S. The van der Waals surface area contributed by atoms with Crippen LogP contribution in [0.3, 0.4) is 0 Å². The lowest BCUT2D eigenvalue weighted by Gasteiger charge is -2.20. The molecule has 1 saturated carbocycles. The van der Waals surface area contributed by atoms with Crippen molar-refractivity contribution in [1.82, 2.24) is 4.31 Å². The van der Waals surface area contributed by atoms with E-state index in [4.69, 9.17) is 0 Å². The minimum absolute atomic E-state index is 0.305. The van der Waals surface area contributed by atoms with Gasteiger partial charge in [-0.2, -0.15) is 4.31 Å². The zero-order valence-corrected chi connectivity index (χ0v) is 12.2. The van der Waals surface area contributed by atoms with Gasteiger partial charge in [0.15, 0.2) is 0 Å². The average molecular weight is 283 g/mol. The first-order valence-corrected chi connectivity index (χ1v) is 8.17. The van der Waals surface area contributed by atoms with Crippen LogP contribution in [0.15, 0.2) is 29.2 Å². The smallest absolute Gasteiger partial charge is 0.243 e. The van der Waals surface area contributed by atoms with Crippen LogP contribution < -0.4 is 0 Å². The third-order valence-corrected chi connectivity index (χ3v) is 5.47. The van der Waals surface area contributed by atoms with Gasteiger partial charge in [-0.15, -0.1) is 0 Å². The van der Waals surface area contributed by atoms with Crippen LogP contribution in [-0.2, 0) is 10.0 Å². The molecule has 19 heavy (non-hydrogen) atoms. The maximum absolute atomic E-state index is 12.5. The highest BCUT2D eigenvalue weighted by molar-refractivity contribution is 7.89. The molecule has 0 aliphatic heterocycles. The van der Waals surface area contributed by atoms with Gasteiger partial charge in [-0.25, -0.2) is 8.42 Å². The summed E-state index contributed by atoms with van der Waals surface area (Å²) in [5, 5.41) is 9.44. The van der Waals surface area contributed by atoms with Crippen molar-refractivity contribution >= 4 is 10.0 Å². The van der Waals surface area contributed by atoms with Gasteiger partial charge in [-0.1, -0.05) is 19.1 Å². The number of nitrogens with zero attached hydrogens (tertiary/aromatic N) is 1. The fourth-order valence-corrected chi connectivity index (χ4v) is 3.58. The third-order valence-electron chi connectivity index (χ3n) is 3.51. The molecule has 0 heterocycles. The molecule has 4 nitrogen and oxygen atoms in total. The van der Waals surface area contributed by atoms with E-state index in [2.05, 4.69) is 0 Å². The van der Waals surface area contributed by atoms with Gasteiger partial charge in [0.25, 0.3) is 0 Å². The molecule has 1 aliphatic carbocycles. The summed E-state index contributed by atoms with van der Waals surface area (Å²) in [4.78, 5) is 0.305. The molecule has 106 valence electrons. The van der Waals surface area contributed by atoms with E-state index in [1.807, 2.05) is 6.92 Å². The molecule has 1 unspecified atom stereocenters. The molecular weight excluding hydrogens is 262 g/mol. The predicted octanol–water partition coefficient (Wildman–Crippen LogP) is 2.16. The van der Waals surface area contributed by atoms with Gasteiger partial charge in [0.2, 0.25) is 10.0 Å². The van der Waals surface area contributed by atoms with Crippen LogP contribution in [0.25, 0.3) is 0 Å². The van der Waals surface area contributed by atoms with Crippen LogP contribution in [0.1, 0.15) is 38.4 Å². The van der Waals surface area contributed by atoms with Crippen molar-refractivity contribution in [2.45, 2.75) is 37.7 Å². The van der Waals surface area contributed by atoms with Crippen molar-refractivity contribution in [3.05, 3.63) is 29.8 Å². The molecule has 1 fully saturated rings. The van der Waals surface area contributed by atoms with Crippen LogP contribution in [0.2, 0.25) is 0 Å². The first-order chi connectivity index (χ1) is 8.95. The largest absolute Gasteiger partial charge is 0.389 e. The molecule has 1 aromatic rings. The predicted molar refractivity (Wildman–Crippen MR) is 74.2 cm³/mol. The number of hydrogen-bond donors (Lipinski definition) is 1. The maximum Gasteiger partial charge on any atom is 0.243 e. The van der Waals surface area contributed by atoms with E-state index in [1.165, 1.54) is 0 Å². The van der Waals surface area contributed by atoms with Gasteiger partial charge in [0.05, 0.1) is 11.0 Å². The molecule has 1 aliphatic rings. The normalized spacial score (nSPS) is 17.7. The zero-order chi connectivity index (χ0) is 14.0. The Labute approximate surface area is 115 Å². The lowest BCUT2D eigenvalue weighted by molar-refractivity contribution is 0.199. The first kappa shape index (κ1) is 14.5. The molecule has 1 aromatic carbocycles. The van der Waals surface area contributed by atoms with E-state index in [0.717, 1.165) is 18.4 Å². The molecule has 1 N–H and O–H groups in total. The Hall–Kier alpha value is -0.910. The lowest BCUT2D eigenvalue weighted by Crippen LogP contribution is -2.32. The SMILES string of the molecule is CCN(CC1CC1)S(=O)(=O)c1ccc(C(C)O)cc1. The van der Waals surface area contributed by atoms with Crippen molar-refractivity contribution < 1.29 is 13.5 Å². The van der Waals surface area contributed by atoms with Crippen LogP contribution in [0, 0.1) is 5.92 Å². The molecule has 2 rings (SSSR count). The van der Waals surface area contributed by atoms with Crippen LogP contribution in [-0.4, -0.2) is 30.9 Å². The second-order valence-electron chi connectivity index (χ2n) is 5.14. The van der Waals surface area contributed by atoms with E-state index in [9.17, 15) is 13.5 Å². The molecule has 1 atom stereocenters. The summed E-state index contributed by atoms with van der Waals surface area (Å²) in [6.45, 7) is 4.65. The fraction of sp³-hybridized carbons (Fsp3) is 0.571. The quantitative estimate of drug-likeness (QED) is 0.870. The number of aliphatic hydroxyl groups is 1. The fourth-order valence-electron chi connectivity index (χ4n) is 2.05. The molecule has 5 heteroatoms. The van der Waals surface area contributed by atoms with E-state index in [1.54, 1.807) is 35.5 Å². The summed E-state index contributed by atoms with van der Waals surface area (Å²) in [6, 6.07) is 6.49. The number of sulfonamides is 1. The summed E-state index contributed by atoms with van der Waals surface area (Å²) < 4.78 is 26.5. The number of hydrogen-bond acceptors (Lipinski definition) is 3. The van der Waals surface area contributed by atoms with Crippen molar-refractivity contribution in [2.24, 2.45) is 5.92 Å². The van der Waals surface area contributed by atoms with Gasteiger partial charge < -0.3 is 5.11 Å². The summed E-state index contributed by atoms with van der Waals surface area (Å²) in [5.74, 6) is 0.534. The van der Waals surface area contributed by atoms with Gasteiger partial charge in [-0.3, -0.25) is 0 Å². The van der Waals surface area contributed by atoms with Crippen LogP contribution in [0.4, 0.5) is 0 Å². The molecule has 0 aromatic heterocycles. The summed E-state index contributed by atoms with van der Waals surface area (Å²) >= 11 is 0. The highest BCUT2D eigenvalue weighted by atomic mass is 32.2. The zero-order valence-electron chi connectivity index (χ0n) is 11.4. The Morgan fingerprint density at radius 2 is 1.89 bits per heavy atom. The molecule has 0 radical (unpaired) electrons. The first-order valence-electron chi connectivity index (χ1n) is 6.73. The molecule has 0 amide bonds. The lowest BCUT2D eigenvalue weighted by atomic mass is 10.1. The van der Waals surface area contributed by atoms with E-state index in [0.29, 0.717) is 23.9 Å². The highest BCUT2D eigenvalue weighted by Crippen LogP contribution is 2.31. The second-order valence-corrected chi connectivity index (χ2v) is 7.08. The van der Waals surface area contributed by atoms with Crippen molar-refractivity contribution in [3.63, 3.8) is 0 Å². The Bertz CT molecular complexity index is 518. The van der Waals surface area contributed by atoms with Gasteiger partial charge in [-0.05, 0) is 43.4 Å². The molecule has 0 spiro atoms. The Morgan fingerprint density at radius 3 is 2.32 bits per heavy atom. The van der Waals surface area contributed by atoms with Crippen LogP contribution >= 0.6 is 0 Å². The summed E-state index contributed by atoms with van der Waals surface area (Å²) in [7, 11) is -3.40. The van der Waals surface area contributed by atoms with Crippen molar-refractivity contribution in [3.8, 4) is 0 Å². The molecule has 0 bridgehead atoms. The standard InChI is InChI=1S/C14H21NO3S/c1-3-15(10-12-4-5-12)19(17,18)14-8-6-13(7-9-14)11(2)16/h6-9,11-12,16H,3-5,10H2,1-2H3. The summed E-state index contributed by atoms with van der Waals surface area (Å²) in [6.07, 6.45) is 1.69. The Morgan fingerprint density at radius 1 is 1.32 bits per heavy atom. The van der Waals surface area contributed by atoms with Crippen LogP contribution in [0.5, 0.6) is 0 Å². The minimum atomic E-state index is -3.40. The molecule has 0 saturated heterocycles. The van der Waals surface area contributed by atoms with Gasteiger partial charge >= 0.3 is 0 Å². The maximum atomic E-state index is 12.5. The van der Waals surface area contributed by atoms with Crippen molar-refractivity contribution in [1.29, 1.82) is 0 Å². The number of aliphatic hydroxyl groups excluding tert-OH is 1. The topological polar surface area (TPSA) is 57.6 Å². The van der Waals surface area contributed by atoms with Gasteiger partial charge in [0.1, 0.15) is 0 Å². The highest BCUT2D eigenvalue weighted by Gasteiger charge is 2.30. The van der Waals surface area contributed by atoms with Gasteiger partial charge in [0, 0.05) is 13.1 Å². The van der Waals surface area contributed by atoms with E-state index in [-0.39, 0.29) is 0 Å². The second kappa shape index (κ2) is 5.61. The number of rotatable bonds is 6. The average Bonchev–Trinajstić information content (AvgIpc) is 3.19. The minimum Gasteiger partial charge on any atom is -0.389 e. The number of benzene rings is 1. The van der Waals surface area contributed by atoms with E-state index >= 15 is 0 Å². The van der Waals surface area contributed by atoms with Crippen molar-refractivity contribution in [2.75, 3.05) is 13.1 Å². The van der Waals surface area contributed by atoms with E-state index < -0.39 is 16.1 Å². The monoisotopic (exact) mass is 283 g/mol.